The van der Waals surface area contributed by atoms with E-state index in [-0.39, 0.29) is 5.75 Å². The van der Waals surface area contributed by atoms with Gasteiger partial charge in [-0.05, 0) is 6.07 Å². The maximum absolute atomic E-state index is 8.78. The van der Waals surface area contributed by atoms with Crippen molar-refractivity contribution in [2.45, 2.75) is 0 Å². The van der Waals surface area contributed by atoms with E-state index in [4.69, 9.17) is 5.11 Å². The average Bonchev–Trinajstić information content (AvgIpc) is 1.77. The second kappa shape index (κ2) is 1.96. The summed E-state index contributed by atoms with van der Waals surface area (Å²) in [5, 5.41) is 8.78. The normalized spacial score (nSPS) is 9.00. The van der Waals surface area contributed by atoms with Gasteiger partial charge in [0.2, 0.25) is 0 Å². The van der Waals surface area contributed by atoms with Crippen LogP contribution in [0.5, 0.6) is 5.75 Å². The smallest absolute Gasteiger partial charge is 0.149 e. The summed E-state index contributed by atoms with van der Waals surface area (Å²) in [6, 6.07) is 1.63. The lowest BCUT2D eigenvalue weighted by Gasteiger charge is -1.85. The van der Waals surface area contributed by atoms with E-state index in [1.54, 1.807) is 12.3 Å². The maximum atomic E-state index is 8.78. The molecule has 1 aromatic rings. The number of pyridine rings is 1. The highest BCUT2D eigenvalue weighted by atomic mass is 32.1. The van der Waals surface area contributed by atoms with E-state index in [0.717, 1.165) is 0 Å². The minimum absolute atomic E-state index is 0.127. The van der Waals surface area contributed by atoms with Gasteiger partial charge >= 0.3 is 0 Å². The molecule has 1 aromatic heterocycles. The predicted molar refractivity (Wildman–Crippen MR) is 33.3 cm³/mol. The van der Waals surface area contributed by atoms with Gasteiger partial charge in [-0.15, -0.1) is 0 Å². The number of aromatic hydroxyl groups is 1. The van der Waals surface area contributed by atoms with E-state index >= 15 is 0 Å². The Kier molecular flexibility index (Phi) is 1.30. The highest BCUT2D eigenvalue weighted by molar-refractivity contribution is 7.71. The molecular weight excluding hydrogens is 122 g/mol. The Morgan fingerprint density at radius 3 is 2.75 bits per heavy atom. The zero-order chi connectivity index (χ0) is 5.98. The molecule has 0 unspecified atom stereocenters. The lowest BCUT2D eigenvalue weighted by Crippen LogP contribution is -1.68. The molecule has 0 aliphatic carbocycles. The molecule has 0 aliphatic heterocycles. The van der Waals surface area contributed by atoms with Crippen molar-refractivity contribution in [3.05, 3.63) is 23.0 Å². The van der Waals surface area contributed by atoms with Crippen molar-refractivity contribution in [1.29, 1.82) is 0 Å². The first-order valence-corrected chi connectivity index (χ1v) is 2.57. The molecule has 0 saturated heterocycles. The van der Waals surface area contributed by atoms with E-state index in [1.165, 1.54) is 6.20 Å². The SMILES string of the molecule is Oc1c[nH]ccc1=S. The first kappa shape index (κ1) is 5.31. The Morgan fingerprint density at radius 1 is 1.62 bits per heavy atom. The van der Waals surface area contributed by atoms with Crippen LogP contribution < -0.4 is 0 Å². The quantitative estimate of drug-likeness (QED) is 0.517. The Hall–Kier alpha value is -0.830. The summed E-state index contributed by atoms with van der Waals surface area (Å²) in [6.45, 7) is 0. The number of hydrogen-bond donors (Lipinski definition) is 2. The van der Waals surface area contributed by atoms with Gasteiger partial charge in [0.1, 0.15) is 5.75 Å². The van der Waals surface area contributed by atoms with Crippen molar-refractivity contribution in [2.24, 2.45) is 0 Å². The number of rotatable bonds is 0. The molecule has 3 heteroatoms. The highest BCUT2D eigenvalue weighted by Crippen LogP contribution is 2.05. The molecule has 8 heavy (non-hydrogen) atoms. The molecule has 0 atom stereocenters. The fraction of sp³-hybridized carbons (Fsp3) is 0. The number of hydrogen-bond acceptors (Lipinski definition) is 2. The third-order valence-corrected chi connectivity index (χ3v) is 1.15. The summed E-state index contributed by atoms with van der Waals surface area (Å²) < 4.78 is 0.476. The molecule has 2 N–H and O–H groups in total. The van der Waals surface area contributed by atoms with Gasteiger partial charge in [-0.2, -0.15) is 0 Å². The summed E-state index contributed by atoms with van der Waals surface area (Å²) in [6.07, 6.45) is 3.12. The van der Waals surface area contributed by atoms with Crippen LogP contribution in [0.3, 0.4) is 0 Å². The van der Waals surface area contributed by atoms with Crippen LogP contribution in [-0.2, 0) is 0 Å². The molecular formula is C5H5NOS. The molecule has 2 nitrogen and oxygen atoms in total. The molecule has 0 fully saturated rings. The van der Waals surface area contributed by atoms with Crippen molar-refractivity contribution < 1.29 is 5.11 Å². The van der Waals surface area contributed by atoms with Gasteiger partial charge in [-0.3, -0.25) is 0 Å². The Morgan fingerprint density at radius 2 is 2.38 bits per heavy atom. The van der Waals surface area contributed by atoms with Crippen LogP contribution in [0.25, 0.3) is 0 Å². The molecule has 0 spiro atoms. The largest absolute Gasteiger partial charge is 0.505 e. The Bertz CT molecular complexity index is 230. The molecule has 0 aliphatic rings. The van der Waals surface area contributed by atoms with Gasteiger partial charge in [0.05, 0.1) is 4.51 Å². The third kappa shape index (κ3) is 0.869. The van der Waals surface area contributed by atoms with Gasteiger partial charge in [0.15, 0.2) is 0 Å². The topological polar surface area (TPSA) is 36.0 Å². The Labute approximate surface area is 51.8 Å². The first-order valence-electron chi connectivity index (χ1n) is 2.17. The average molecular weight is 127 g/mol. The van der Waals surface area contributed by atoms with Crippen LogP contribution in [0.2, 0.25) is 0 Å². The van der Waals surface area contributed by atoms with E-state index in [0.29, 0.717) is 4.51 Å². The molecule has 1 heterocycles. The lowest BCUT2D eigenvalue weighted by atomic mass is 10.5. The summed E-state index contributed by atoms with van der Waals surface area (Å²) in [4.78, 5) is 2.68. The summed E-state index contributed by atoms with van der Waals surface area (Å²) in [5.74, 6) is 0.127. The van der Waals surface area contributed by atoms with Crippen LogP contribution in [0.15, 0.2) is 18.5 Å². The van der Waals surface area contributed by atoms with Crippen LogP contribution in [0.4, 0.5) is 0 Å². The van der Waals surface area contributed by atoms with E-state index < -0.39 is 0 Å². The zero-order valence-corrected chi connectivity index (χ0v) is 4.90. The molecule has 0 bridgehead atoms. The molecule has 42 valence electrons. The summed E-state index contributed by atoms with van der Waals surface area (Å²) >= 11 is 4.68. The number of H-pyrrole nitrogens is 1. The van der Waals surface area contributed by atoms with Crippen LogP contribution in [0, 0.1) is 4.51 Å². The molecule has 0 aromatic carbocycles. The second-order valence-corrected chi connectivity index (χ2v) is 1.83. The van der Waals surface area contributed by atoms with Crippen molar-refractivity contribution in [2.75, 3.05) is 0 Å². The fourth-order valence-electron chi connectivity index (χ4n) is 0.407. The van der Waals surface area contributed by atoms with E-state index in [2.05, 4.69) is 17.2 Å². The number of aromatic nitrogens is 1. The van der Waals surface area contributed by atoms with Crippen LogP contribution in [0.1, 0.15) is 0 Å². The number of nitrogens with one attached hydrogen (secondary N) is 1. The molecule has 1 rings (SSSR count). The minimum Gasteiger partial charge on any atom is -0.505 e. The van der Waals surface area contributed by atoms with Gasteiger partial charge in [-0.1, -0.05) is 12.2 Å². The van der Waals surface area contributed by atoms with E-state index in [1.807, 2.05) is 0 Å². The fourth-order valence-corrected chi connectivity index (χ4v) is 0.534. The molecule has 0 radical (unpaired) electrons. The minimum atomic E-state index is 0.127. The number of aromatic amines is 1. The van der Waals surface area contributed by atoms with Gasteiger partial charge < -0.3 is 10.1 Å². The van der Waals surface area contributed by atoms with Crippen LogP contribution in [-0.4, -0.2) is 10.1 Å². The molecule has 0 saturated carbocycles. The van der Waals surface area contributed by atoms with Crippen molar-refractivity contribution in [3.63, 3.8) is 0 Å². The standard InChI is InChI=1S/C5H5NOS/c7-4-3-6-2-1-5(4)8/h1-3,7H,(H,6,8). The predicted octanol–water partition coefficient (Wildman–Crippen LogP) is 1.45. The first-order chi connectivity index (χ1) is 3.80. The third-order valence-electron chi connectivity index (χ3n) is 0.803. The van der Waals surface area contributed by atoms with Gasteiger partial charge in [-0.25, -0.2) is 0 Å². The van der Waals surface area contributed by atoms with Crippen molar-refractivity contribution in [1.82, 2.24) is 4.98 Å². The van der Waals surface area contributed by atoms with Gasteiger partial charge in [0, 0.05) is 12.4 Å². The van der Waals surface area contributed by atoms with Crippen molar-refractivity contribution in [3.8, 4) is 5.75 Å². The van der Waals surface area contributed by atoms with Crippen LogP contribution >= 0.6 is 12.2 Å². The van der Waals surface area contributed by atoms with E-state index in [9.17, 15) is 0 Å². The lowest BCUT2D eigenvalue weighted by molar-refractivity contribution is 0.470. The monoisotopic (exact) mass is 127 g/mol. The maximum Gasteiger partial charge on any atom is 0.149 e. The summed E-state index contributed by atoms with van der Waals surface area (Å²) in [5.41, 5.74) is 0. The Balaban J connectivity index is 3.35. The van der Waals surface area contributed by atoms with Gasteiger partial charge in [0.25, 0.3) is 0 Å². The van der Waals surface area contributed by atoms with Crippen molar-refractivity contribution >= 4 is 12.2 Å². The zero-order valence-electron chi connectivity index (χ0n) is 4.09. The second-order valence-electron chi connectivity index (χ2n) is 1.39. The highest BCUT2D eigenvalue weighted by Gasteiger charge is 1.83. The molecule has 0 amide bonds. The summed E-state index contributed by atoms with van der Waals surface area (Å²) in [7, 11) is 0.